The van der Waals surface area contributed by atoms with Crippen LogP contribution in [-0.4, -0.2) is 27.6 Å². The summed E-state index contributed by atoms with van der Waals surface area (Å²) in [6.07, 6.45) is 5.56. The van der Waals surface area contributed by atoms with Crippen LogP contribution in [0.4, 0.5) is 0 Å². The molecule has 1 saturated carbocycles. The van der Waals surface area contributed by atoms with E-state index in [0.29, 0.717) is 5.92 Å². The van der Waals surface area contributed by atoms with Gasteiger partial charge in [-0.05, 0) is 30.5 Å². The van der Waals surface area contributed by atoms with Crippen molar-refractivity contribution in [1.82, 2.24) is 20.3 Å². The van der Waals surface area contributed by atoms with E-state index in [-0.39, 0.29) is 0 Å². The zero-order chi connectivity index (χ0) is 13.9. The molecule has 3 rings (SSSR count). The summed E-state index contributed by atoms with van der Waals surface area (Å²) >= 11 is 3.50. The summed E-state index contributed by atoms with van der Waals surface area (Å²) in [6.45, 7) is 1.00. The fraction of sp³-hybridized carbons (Fsp3) is 0.467. The predicted octanol–water partition coefficient (Wildman–Crippen LogP) is 2.66. The van der Waals surface area contributed by atoms with Crippen molar-refractivity contribution in [2.45, 2.75) is 31.2 Å². The first-order valence-electron chi connectivity index (χ1n) is 7.05. The monoisotopic (exact) mass is 334 g/mol. The molecule has 1 heterocycles. The van der Waals surface area contributed by atoms with Crippen LogP contribution in [0.5, 0.6) is 0 Å². The van der Waals surface area contributed by atoms with E-state index < -0.39 is 0 Å². The third kappa shape index (κ3) is 3.67. The Hall–Kier alpha value is -1.20. The Bertz CT molecular complexity index is 560. The Morgan fingerprint density at radius 3 is 2.70 bits per heavy atom. The van der Waals surface area contributed by atoms with E-state index in [1.807, 2.05) is 13.2 Å². The molecule has 1 fully saturated rings. The average molecular weight is 335 g/mol. The van der Waals surface area contributed by atoms with Gasteiger partial charge in [-0.15, -0.1) is 5.10 Å². The van der Waals surface area contributed by atoms with Crippen LogP contribution < -0.4 is 5.32 Å². The smallest absolute Gasteiger partial charge is 0.0833 e. The highest BCUT2D eigenvalue weighted by Crippen LogP contribution is 2.24. The van der Waals surface area contributed by atoms with E-state index in [0.717, 1.165) is 29.2 Å². The minimum absolute atomic E-state index is 0.445. The maximum absolute atomic E-state index is 4.22. The van der Waals surface area contributed by atoms with E-state index in [4.69, 9.17) is 0 Å². The van der Waals surface area contributed by atoms with Crippen LogP contribution >= 0.6 is 15.9 Å². The lowest BCUT2D eigenvalue weighted by molar-refractivity contribution is 0.571. The van der Waals surface area contributed by atoms with Crippen molar-refractivity contribution in [1.29, 1.82) is 0 Å². The van der Waals surface area contributed by atoms with Crippen molar-refractivity contribution < 1.29 is 0 Å². The molecule has 1 aliphatic rings. The molecule has 0 amide bonds. The molecule has 2 aromatic rings. The Kier molecular flexibility index (Phi) is 4.17. The van der Waals surface area contributed by atoms with Gasteiger partial charge in [0.15, 0.2) is 0 Å². The van der Waals surface area contributed by atoms with E-state index in [1.165, 1.54) is 18.4 Å². The Labute approximate surface area is 127 Å². The van der Waals surface area contributed by atoms with Gasteiger partial charge in [-0.1, -0.05) is 33.3 Å². The normalized spacial score (nSPS) is 16.3. The Morgan fingerprint density at radius 1 is 1.35 bits per heavy atom. The number of rotatable bonds is 6. The van der Waals surface area contributed by atoms with Gasteiger partial charge in [-0.25, -0.2) is 0 Å². The molecule has 0 aliphatic heterocycles. The van der Waals surface area contributed by atoms with Crippen molar-refractivity contribution in [3.8, 4) is 0 Å². The summed E-state index contributed by atoms with van der Waals surface area (Å²) in [7, 11) is 1.91. The number of hydrogen-bond donors (Lipinski definition) is 1. The van der Waals surface area contributed by atoms with E-state index >= 15 is 0 Å². The van der Waals surface area contributed by atoms with Crippen LogP contribution in [0.2, 0.25) is 0 Å². The lowest BCUT2D eigenvalue weighted by Gasteiger charge is -2.17. The van der Waals surface area contributed by atoms with Gasteiger partial charge in [0.25, 0.3) is 0 Å². The fourth-order valence-electron chi connectivity index (χ4n) is 2.38. The zero-order valence-electron chi connectivity index (χ0n) is 11.6. The van der Waals surface area contributed by atoms with Crippen molar-refractivity contribution >= 4 is 15.9 Å². The second-order valence-electron chi connectivity index (χ2n) is 5.52. The summed E-state index contributed by atoms with van der Waals surface area (Å²) in [5.41, 5.74) is 2.41. The van der Waals surface area contributed by atoms with Gasteiger partial charge in [-0.3, -0.25) is 4.68 Å². The molecule has 0 radical (unpaired) electrons. The molecule has 1 aromatic heterocycles. The first kappa shape index (κ1) is 13.8. The number of benzene rings is 1. The standard InChI is InChI=1S/C15H19BrN4/c1-20-10-15(18-19-20)8-12(9-17-14-6-7-14)11-2-4-13(16)5-3-11/h2-5,10,12,14,17H,6-9H2,1H3. The maximum Gasteiger partial charge on any atom is 0.0833 e. The molecule has 0 spiro atoms. The molecule has 1 aliphatic carbocycles. The fourth-order valence-corrected chi connectivity index (χ4v) is 2.64. The maximum atomic E-state index is 4.22. The van der Waals surface area contributed by atoms with E-state index in [1.54, 1.807) is 4.68 Å². The third-order valence-corrected chi connectivity index (χ3v) is 4.21. The first-order chi connectivity index (χ1) is 9.70. The van der Waals surface area contributed by atoms with Gasteiger partial charge in [-0.2, -0.15) is 0 Å². The van der Waals surface area contributed by atoms with Crippen LogP contribution in [0, 0.1) is 0 Å². The van der Waals surface area contributed by atoms with Crippen LogP contribution in [0.25, 0.3) is 0 Å². The molecular formula is C15H19BrN4. The van der Waals surface area contributed by atoms with E-state index in [9.17, 15) is 0 Å². The number of nitrogens with one attached hydrogen (secondary N) is 1. The van der Waals surface area contributed by atoms with Crippen LogP contribution in [-0.2, 0) is 13.5 Å². The molecule has 1 unspecified atom stereocenters. The second-order valence-corrected chi connectivity index (χ2v) is 6.43. The molecule has 1 aromatic carbocycles. The first-order valence-corrected chi connectivity index (χ1v) is 7.84. The highest BCUT2D eigenvalue weighted by Gasteiger charge is 2.23. The third-order valence-electron chi connectivity index (χ3n) is 3.68. The van der Waals surface area contributed by atoms with E-state index in [2.05, 4.69) is 55.8 Å². The highest BCUT2D eigenvalue weighted by atomic mass is 79.9. The van der Waals surface area contributed by atoms with Gasteiger partial charge < -0.3 is 5.32 Å². The Morgan fingerprint density at radius 2 is 2.10 bits per heavy atom. The zero-order valence-corrected chi connectivity index (χ0v) is 13.2. The summed E-state index contributed by atoms with van der Waals surface area (Å²) in [6, 6.07) is 9.33. The van der Waals surface area contributed by atoms with Crippen molar-refractivity contribution in [3.63, 3.8) is 0 Å². The van der Waals surface area contributed by atoms with Gasteiger partial charge in [0.1, 0.15) is 0 Å². The number of aromatic nitrogens is 3. The lowest BCUT2D eigenvalue weighted by atomic mass is 9.94. The largest absolute Gasteiger partial charge is 0.313 e. The molecule has 5 heteroatoms. The summed E-state index contributed by atoms with van der Waals surface area (Å²) in [4.78, 5) is 0. The van der Waals surface area contributed by atoms with Gasteiger partial charge in [0.2, 0.25) is 0 Å². The van der Waals surface area contributed by atoms with Gasteiger partial charge in [0.05, 0.1) is 5.69 Å². The minimum atomic E-state index is 0.445. The second kappa shape index (κ2) is 6.06. The molecule has 20 heavy (non-hydrogen) atoms. The predicted molar refractivity (Wildman–Crippen MR) is 82.6 cm³/mol. The molecule has 1 atom stereocenters. The van der Waals surface area contributed by atoms with Crippen LogP contribution in [0.1, 0.15) is 30.0 Å². The van der Waals surface area contributed by atoms with Crippen LogP contribution in [0.15, 0.2) is 34.9 Å². The summed E-state index contributed by atoms with van der Waals surface area (Å²) in [5.74, 6) is 0.445. The molecule has 106 valence electrons. The number of halogens is 1. The van der Waals surface area contributed by atoms with Crippen molar-refractivity contribution in [2.75, 3.05) is 6.54 Å². The minimum Gasteiger partial charge on any atom is -0.313 e. The Balaban J connectivity index is 1.73. The quantitative estimate of drug-likeness (QED) is 0.883. The molecule has 4 nitrogen and oxygen atoms in total. The van der Waals surface area contributed by atoms with Crippen molar-refractivity contribution in [2.24, 2.45) is 7.05 Å². The number of hydrogen-bond acceptors (Lipinski definition) is 3. The van der Waals surface area contributed by atoms with Crippen LogP contribution in [0.3, 0.4) is 0 Å². The number of aryl methyl sites for hydroxylation is 1. The average Bonchev–Trinajstić information content (AvgIpc) is 3.18. The summed E-state index contributed by atoms with van der Waals surface area (Å²) < 4.78 is 2.89. The number of nitrogens with zero attached hydrogens (tertiary/aromatic N) is 3. The molecular weight excluding hydrogens is 316 g/mol. The van der Waals surface area contributed by atoms with Crippen molar-refractivity contribution in [3.05, 3.63) is 46.2 Å². The summed E-state index contributed by atoms with van der Waals surface area (Å²) in [5, 5.41) is 11.9. The molecule has 0 bridgehead atoms. The molecule has 1 N–H and O–H groups in total. The van der Waals surface area contributed by atoms with Gasteiger partial charge in [0, 0.05) is 42.6 Å². The molecule has 0 saturated heterocycles. The SMILES string of the molecule is Cn1cc(CC(CNC2CC2)c2ccc(Br)cc2)nn1. The lowest BCUT2D eigenvalue weighted by Crippen LogP contribution is -2.25. The topological polar surface area (TPSA) is 42.7 Å². The highest BCUT2D eigenvalue weighted by molar-refractivity contribution is 9.10. The van der Waals surface area contributed by atoms with Gasteiger partial charge >= 0.3 is 0 Å².